The summed E-state index contributed by atoms with van der Waals surface area (Å²) in [5.74, 6) is -0.390. The van der Waals surface area contributed by atoms with E-state index in [1.165, 1.54) is 23.5 Å². The molecule has 0 aliphatic carbocycles. The third-order valence-electron chi connectivity index (χ3n) is 4.89. The quantitative estimate of drug-likeness (QED) is 0.559. The molecule has 30 heavy (non-hydrogen) atoms. The van der Waals surface area contributed by atoms with E-state index >= 15 is 0 Å². The van der Waals surface area contributed by atoms with Gasteiger partial charge in [0.2, 0.25) is 0 Å². The lowest BCUT2D eigenvalue weighted by atomic mass is 10.0. The summed E-state index contributed by atoms with van der Waals surface area (Å²) in [6.45, 7) is 2.17. The molecule has 1 aliphatic heterocycles. The summed E-state index contributed by atoms with van der Waals surface area (Å²) in [7, 11) is 0. The molecule has 4 nitrogen and oxygen atoms in total. The number of hydrogen-bond acceptors (Lipinski definition) is 4. The van der Waals surface area contributed by atoms with E-state index in [0.29, 0.717) is 30.1 Å². The molecular formula is C21H17ClF3N3OS. The Labute approximate surface area is 180 Å². The van der Waals surface area contributed by atoms with Gasteiger partial charge < -0.3 is 5.32 Å². The van der Waals surface area contributed by atoms with Gasteiger partial charge in [0.05, 0.1) is 16.1 Å². The fourth-order valence-corrected chi connectivity index (χ4v) is 4.80. The zero-order valence-electron chi connectivity index (χ0n) is 15.7. The van der Waals surface area contributed by atoms with Crippen LogP contribution in [0, 0.1) is 0 Å². The molecule has 0 fully saturated rings. The lowest BCUT2D eigenvalue weighted by Gasteiger charge is -2.27. The van der Waals surface area contributed by atoms with E-state index in [0.717, 1.165) is 34.7 Å². The number of benzene rings is 1. The number of rotatable bonds is 4. The normalized spacial score (nSPS) is 14.4. The Hall–Kier alpha value is -2.42. The van der Waals surface area contributed by atoms with Crippen LogP contribution in [-0.4, -0.2) is 22.3 Å². The molecule has 0 atom stereocenters. The maximum absolute atomic E-state index is 12.9. The van der Waals surface area contributed by atoms with Gasteiger partial charge in [-0.25, -0.2) is 0 Å². The van der Waals surface area contributed by atoms with Crippen molar-refractivity contribution in [3.63, 3.8) is 0 Å². The number of nitrogens with zero attached hydrogens (tertiary/aromatic N) is 2. The van der Waals surface area contributed by atoms with Gasteiger partial charge in [0.15, 0.2) is 0 Å². The van der Waals surface area contributed by atoms with E-state index < -0.39 is 11.7 Å². The number of carbonyl (C=O) groups excluding carboxylic acids is 1. The van der Waals surface area contributed by atoms with Crippen LogP contribution in [0.5, 0.6) is 0 Å². The molecule has 4 rings (SSSR count). The Balaban J connectivity index is 1.45. The highest BCUT2D eigenvalue weighted by atomic mass is 35.5. The number of nitrogens with one attached hydrogen (secondary N) is 1. The van der Waals surface area contributed by atoms with Crippen molar-refractivity contribution in [2.75, 3.05) is 11.9 Å². The molecule has 0 saturated carbocycles. The fraction of sp³-hybridized carbons (Fsp3) is 0.238. The summed E-state index contributed by atoms with van der Waals surface area (Å²) in [6.07, 6.45) is -0.389. The number of halogens is 4. The molecule has 156 valence electrons. The van der Waals surface area contributed by atoms with Crippen molar-refractivity contribution in [3.05, 3.63) is 80.3 Å². The summed E-state index contributed by atoms with van der Waals surface area (Å²) in [4.78, 5) is 20.1. The number of thiophene rings is 1. The topological polar surface area (TPSA) is 45.2 Å². The molecule has 2 aromatic heterocycles. The molecule has 0 spiro atoms. The number of aromatic nitrogens is 1. The van der Waals surface area contributed by atoms with Gasteiger partial charge in [-0.1, -0.05) is 17.7 Å². The van der Waals surface area contributed by atoms with Gasteiger partial charge in [0, 0.05) is 48.0 Å². The molecule has 1 aromatic carbocycles. The van der Waals surface area contributed by atoms with Crippen LogP contribution in [-0.2, 0) is 25.7 Å². The van der Waals surface area contributed by atoms with Gasteiger partial charge in [-0.15, -0.1) is 11.3 Å². The van der Waals surface area contributed by atoms with Crippen molar-refractivity contribution in [3.8, 4) is 0 Å². The highest BCUT2D eigenvalue weighted by molar-refractivity contribution is 7.10. The van der Waals surface area contributed by atoms with Gasteiger partial charge >= 0.3 is 6.18 Å². The van der Waals surface area contributed by atoms with E-state index in [9.17, 15) is 18.0 Å². The molecule has 0 radical (unpaired) electrons. The smallest absolute Gasteiger partial charge is 0.322 e. The minimum Gasteiger partial charge on any atom is -0.322 e. The second-order valence-electron chi connectivity index (χ2n) is 7.06. The van der Waals surface area contributed by atoms with Crippen LogP contribution in [0.1, 0.15) is 31.9 Å². The Morgan fingerprint density at radius 2 is 2.10 bits per heavy atom. The fourth-order valence-electron chi connectivity index (χ4n) is 3.48. The maximum atomic E-state index is 12.9. The standard InChI is InChI=1S/C21H17ClF3N3OS/c22-15-6-13(8-26-9-15)10-28-5-4-17-18(12-30-19(17)11-28)20(29)27-16-3-1-2-14(7-16)21(23,24)25/h1-3,6-9,12H,4-5,10-11H2,(H,27,29). The van der Waals surface area contributed by atoms with Crippen LogP contribution in [0.15, 0.2) is 48.1 Å². The first kappa shape index (κ1) is 20.8. The highest BCUT2D eigenvalue weighted by Crippen LogP contribution is 2.32. The summed E-state index contributed by atoms with van der Waals surface area (Å²) in [5, 5.41) is 4.96. The zero-order valence-corrected chi connectivity index (χ0v) is 17.2. The first-order valence-corrected chi connectivity index (χ1v) is 10.4. The molecule has 9 heteroatoms. The minimum atomic E-state index is -4.45. The van der Waals surface area contributed by atoms with E-state index in [1.54, 1.807) is 17.8 Å². The van der Waals surface area contributed by atoms with Crippen LogP contribution in [0.2, 0.25) is 5.02 Å². The molecule has 1 N–H and O–H groups in total. The van der Waals surface area contributed by atoms with Gasteiger partial charge in [-0.2, -0.15) is 13.2 Å². The second kappa shape index (κ2) is 8.37. The first-order chi connectivity index (χ1) is 14.3. The first-order valence-electron chi connectivity index (χ1n) is 9.19. The van der Waals surface area contributed by atoms with Crippen molar-refractivity contribution in [2.24, 2.45) is 0 Å². The van der Waals surface area contributed by atoms with Gasteiger partial charge in [0.1, 0.15) is 0 Å². The van der Waals surface area contributed by atoms with E-state index in [-0.39, 0.29) is 11.6 Å². The maximum Gasteiger partial charge on any atom is 0.416 e. The number of carbonyl (C=O) groups is 1. The van der Waals surface area contributed by atoms with Crippen molar-refractivity contribution < 1.29 is 18.0 Å². The highest BCUT2D eigenvalue weighted by Gasteiger charge is 2.31. The molecule has 1 aliphatic rings. The average molecular weight is 452 g/mol. The van der Waals surface area contributed by atoms with Gasteiger partial charge in [-0.3, -0.25) is 14.7 Å². The molecule has 0 saturated heterocycles. The molecule has 0 unspecified atom stereocenters. The molecule has 0 bridgehead atoms. The number of pyridine rings is 1. The van der Waals surface area contributed by atoms with Crippen molar-refractivity contribution >= 4 is 34.5 Å². The summed E-state index contributed by atoms with van der Waals surface area (Å²) in [6, 6.07) is 6.53. The lowest BCUT2D eigenvalue weighted by molar-refractivity contribution is -0.137. The molecular weight excluding hydrogens is 435 g/mol. The Morgan fingerprint density at radius 3 is 2.87 bits per heavy atom. The Morgan fingerprint density at radius 1 is 1.27 bits per heavy atom. The van der Waals surface area contributed by atoms with Crippen LogP contribution >= 0.6 is 22.9 Å². The zero-order chi connectivity index (χ0) is 21.3. The second-order valence-corrected chi connectivity index (χ2v) is 8.46. The van der Waals surface area contributed by atoms with Crippen LogP contribution in [0.3, 0.4) is 0 Å². The monoisotopic (exact) mass is 451 g/mol. The number of anilines is 1. The van der Waals surface area contributed by atoms with Crippen LogP contribution in [0.25, 0.3) is 0 Å². The molecule has 3 heterocycles. The summed E-state index contributed by atoms with van der Waals surface area (Å²) < 4.78 is 38.7. The average Bonchev–Trinajstić information content (AvgIpc) is 3.11. The summed E-state index contributed by atoms with van der Waals surface area (Å²) >= 11 is 7.49. The van der Waals surface area contributed by atoms with Crippen molar-refractivity contribution in [2.45, 2.75) is 25.7 Å². The van der Waals surface area contributed by atoms with Crippen molar-refractivity contribution in [1.29, 1.82) is 0 Å². The minimum absolute atomic E-state index is 0.126. The number of alkyl halides is 3. The van der Waals surface area contributed by atoms with Crippen LogP contribution < -0.4 is 5.32 Å². The predicted molar refractivity (Wildman–Crippen MR) is 111 cm³/mol. The summed E-state index contributed by atoms with van der Waals surface area (Å²) in [5.41, 5.74) is 1.84. The number of hydrogen-bond donors (Lipinski definition) is 1. The molecule has 3 aromatic rings. The largest absolute Gasteiger partial charge is 0.416 e. The third kappa shape index (κ3) is 4.66. The number of amides is 1. The van der Waals surface area contributed by atoms with E-state index in [4.69, 9.17) is 11.6 Å². The SMILES string of the molecule is O=C(Nc1cccc(C(F)(F)F)c1)c1csc2c1CCN(Cc1cncc(Cl)c1)C2. The van der Waals surface area contributed by atoms with Crippen molar-refractivity contribution in [1.82, 2.24) is 9.88 Å². The Kier molecular flexibility index (Phi) is 5.81. The Bertz CT molecular complexity index is 1080. The van der Waals surface area contributed by atoms with E-state index in [2.05, 4.69) is 15.2 Å². The van der Waals surface area contributed by atoms with Crippen LogP contribution in [0.4, 0.5) is 18.9 Å². The van der Waals surface area contributed by atoms with Gasteiger partial charge in [-0.05, 0) is 41.8 Å². The third-order valence-corrected chi connectivity index (χ3v) is 6.11. The van der Waals surface area contributed by atoms with E-state index in [1.807, 2.05) is 6.07 Å². The molecule has 1 amide bonds. The number of fused-ring (bicyclic) bond motifs is 1. The lowest BCUT2D eigenvalue weighted by Crippen LogP contribution is -2.30. The van der Waals surface area contributed by atoms with Gasteiger partial charge in [0.25, 0.3) is 5.91 Å². The predicted octanol–water partition coefficient (Wildman–Crippen LogP) is 5.63.